The summed E-state index contributed by atoms with van der Waals surface area (Å²) in [6.45, 7) is 2.48. The van der Waals surface area contributed by atoms with Crippen molar-refractivity contribution in [3.8, 4) is 5.69 Å². The lowest BCUT2D eigenvalue weighted by atomic mass is 10.1. The third-order valence-corrected chi connectivity index (χ3v) is 6.87. The zero-order valence-electron chi connectivity index (χ0n) is 21.5. The largest absolute Gasteiger partial charge is 0.477 e. The second kappa shape index (κ2) is 11.2. The number of carbonyl (C=O) groups is 1. The average molecular weight is 551 g/mol. The number of fused-ring (bicyclic) bond motifs is 1. The number of hydrogen-bond donors (Lipinski definition) is 1. The normalized spacial score (nSPS) is 14.5. The zero-order valence-corrected chi connectivity index (χ0v) is 21.5. The lowest BCUT2D eigenvalue weighted by Crippen LogP contribution is -2.48. The molecule has 206 valence electrons. The van der Waals surface area contributed by atoms with Gasteiger partial charge >= 0.3 is 5.97 Å². The third kappa shape index (κ3) is 5.41. The lowest BCUT2D eigenvalue weighted by Gasteiger charge is -2.36. The molecule has 1 aromatic heterocycles. The van der Waals surface area contributed by atoms with E-state index in [0.29, 0.717) is 49.6 Å². The van der Waals surface area contributed by atoms with Gasteiger partial charge in [0.1, 0.15) is 35.8 Å². The van der Waals surface area contributed by atoms with E-state index in [1.807, 2.05) is 4.90 Å². The molecule has 1 fully saturated rings. The van der Waals surface area contributed by atoms with Crippen molar-refractivity contribution in [2.45, 2.75) is 0 Å². The number of carboxylic acids is 1. The quantitative estimate of drug-likeness (QED) is 0.273. The fourth-order valence-corrected chi connectivity index (χ4v) is 4.83. The van der Waals surface area contributed by atoms with Crippen LogP contribution in [0.5, 0.6) is 0 Å². The molecule has 1 aliphatic heterocycles. The molecule has 1 aliphatic rings. The molecular formula is C29H25F3N4O4. The van der Waals surface area contributed by atoms with E-state index in [-0.39, 0.29) is 16.9 Å². The van der Waals surface area contributed by atoms with Crippen LogP contribution in [0.25, 0.3) is 16.6 Å². The van der Waals surface area contributed by atoms with Crippen LogP contribution in [0.2, 0.25) is 0 Å². The predicted molar refractivity (Wildman–Crippen MR) is 145 cm³/mol. The zero-order chi connectivity index (χ0) is 28.4. The maximum Gasteiger partial charge on any atom is 0.341 e. The van der Waals surface area contributed by atoms with Gasteiger partial charge in [0, 0.05) is 55.6 Å². The standard InChI is InChI=1S/C29H25F3N4O4/c1-40-33-25(18-2-4-19(30)5-3-18)17-34-10-12-35(13-11-34)27-15-26-22(14-24(27)32)28(37)23(29(38)39)16-36(26)21-8-6-20(31)7-9-21/h2-9,14-16H,10-13,17H2,1H3,(H,38,39). The van der Waals surface area contributed by atoms with Crippen LogP contribution >= 0.6 is 0 Å². The molecule has 40 heavy (non-hydrogen) atoms. The van der Waals surface area contributed by atoms with Crippen molar-refractivity contribution in [3.63, 3.8) is 0 Å². The number of aromatic carboxylic acids is 1. The number of carboxylic acid groups (broad SMARTS) is 1. The number of hydrogen-bond acceptors (Lipinski definition) is 6. The van der Waals surface area contributed by atoms with Crippen molar-refractivity contribution >= 4 is 28.3 Å². The summed E-state index contributed by atoms with van der Waals surface area (Å²) in [5.41, 5.74) is 1.01. The van der Waals surface area contributed by atoms with E-state index in [1.54, 1.807) is 12.1 Å². The van der Waals surface area contributed by atoms with E-state index in [0.717, 1.165) is 11.6 Å². The average Bonchev–Trinajstić information content (AvgIpc) is 2.94. The van der Waals surface area contributed by atoms with Gasteiger partial charge in [0.25, 0.3) is 0 Å². The third-order valence-electron chi connectivity index (χ3n) is 6.87. The van der Waals surface area contributed by atoms with Crippen LogP contribution in [-0.2, 0) is 4.84 Å². The van der Waals surface area contributed by atoms with Crippen LogP contribution < -0.4 is 10.3 Å². The molecule has 0 spiro atoms. The second-order valence-corrected chi connectivity index (χ2v) is 9.33. The maximum atomic E-state index is 15.4. The highest BCUT2D eigenvalue weighted by Gasteiger charge is 2.24. The molecule has 0 radical (unpaired) electrons. The van der Waals surface area contributed by atoms with Crippen LogP contribution in [0.15, 0.2) is 76.8 Å². The Morgan fingerprint density at radius 2 is 1.57 bits per heavy atom. The number of aromatic nitrogens is 1. The first-order chi connectivity index (χ1) is 19.2. The van der Waals surface area contributed by atoms with Gasteiger partial charge in [-0.25, -0.2) is 18.0 Å². The Bertz CT molecular complexity index is 1650. The molecule has 1 saturated heterocycles. The van der Waals surface area contributed by atoms with E-state index in [9.17, 15) is 23.5 Å². The van der Waals surface area contributed by atoms with Gasteiger partial charge in [0.15, 0.2) is 0 Å². The van der Waals surface area contributed by atoms with Crippen LogP contribution in [0.1, 0.15) is 15.9 Å². The molecule has 11 heteroatoms. The monoisotopic (exact) mass is 550 g/mol. The van der Waals surface area contributed by atoms with Crippen molar-refractivity contribution < 1.29 is 27.9 Å². The molecule has 0 unspecified atom stereocenters. The van der Waals surface area contributed by atoms with E-state index in [4.69, 9.17) is 4.84 Å². The van der Waals surface area contributed by atoms with Gasteiger partial charge in [-0.15, -0.1) is 0 Å². The molecule has 5 rings (SSSR count). The summed E-state index contributed by atoms with van der Waals surface area (Å²) in [7, 11) is 1.44. The minimum atomic E-state index is -1.44. The lowest BCUT2D eigenvalue weighted by molar-refractivity contribution is 0.0695. The minimum Gasteiger partial charge on any atom is -0.477 e. The van der Waals surface area contributed by atoms with Gasteiger partial charge in [0.05, 0.1) is 11.2 Å². The highest BCUT2D eigenvalue weighted by Crippen LogP contribution is 2.28. The molecular weight excluding hydrogens is 525 g/mol. The topological polar surface area (TPSA) is 87.4 Å². The second-order valence-electron chi connectivity index (χ2n) is 9.33. The number of oxime groups is 1. The van der Waals surface area contributed by atoms with Gasteiger partial charge in [-0.3, -0.25) is 9.69 Å². The van der Waals surface area contributed by atoms with Crippen molar-refractivity contribution in [3.05, 3.63) is 106 Å². The fraction of sp³-hybridized carbons (Fsp3) is 0.207. The highest BCUT2D eigenvalue weighted by molar-refractivity contribution is 6.01. The van der Waals surface area contributed by atoms with Crippen LogP contribution in [0.3, 0.4) is 0 Å². The summed E-state index contributed by atoms with van der Waals surface area (Å²) in [6, 6.07) is 13.9. The summed E-state index contributed by atoms with van der Waals surface area (Å²) in [6.07, 6.45) is 1.17. The molecule has 0 saturated carbocycles. The number of anilines is 1. The van der Waals surface area contributed by atoms with E-state index < -0.39 is 28.6 Å². The van der Waals surface area contributed by atoms with E-state index in [1.165, 1.54) is 60.3 Å². The number of nitrogens with zero attached hydrogens (tertiary/aromatic N) is 4. The minimum absolute atomic E-state index is 0.0937. The van der Waals surface area contributed by atoms with E-state index >= 15 is 4.39 Å². The molecule has 0 aliphatic carbocycles. The Labute approximate surface area is 227 Å². The number of rotatable bonds is 7. The van der Waals surface area contributed by atoms with Crippen LogP contribution in [-0.4, -0.2) is 66.1 Å². The Balaban J connectivity index is 1.44. The summed E-state index contributed by atoms with van der Waals surface area (Å²) in [5.74, 6) is -2.93. The summed E-state index contributed by atoms with van der Waals surface area (Å²) in [4.78, 5) is 33.6. The van der Waals surface area contributed by atoms with Gasteiger partial charge in [-0.2, -0.15) is 0 Å². The molecule has 2 heterocycles. The number of halogens is 3. The Morgan fingerprint density at radius 3 is 2.17 bits per heavy atom. The van der Waals surface area contributed by atoms with Crippen LogP contribution in [0.4, 0.5) is 18.9 Å². The van der Waals surface area contributed by atoms with Gasteiger partial charge in [-0.1, -0.05) is 17.3 Å². The summed E-state index contributed by atoms with van der Waals surface area (Å²) >= 11 is 0. The fourth-order valence-electron chi connectivity index (χ4n) is 4.83. The smallest absolute Gasteiger partial charge is 0.341 e. The van der Waals surface area contributed by atoms with Crippen molar-refractivity contribution in [1.82, 2.24) is 9.47 Å². The molecule has 8 nitrogen and oxygen atoms in total. The first-order valence-corrected chi connectivity index (χ1v) is 12.5. The molecule has 0 bridgehead atoms. The predicted octanol–water partition coefficient (Wildman–Crippen LogP) is 4.28. The van der Waals surface area contributed by atoms with Gasteiger partial charge < -0.3 is 19.4 Å². The molecule has 0 amide bonds. The summed E-state index contributed by atoms with van der Waals surface area (Å²) in [5, 5.41) is 13.6. The number of piperazine rings is 1. The Hall–Kier alpha value is -4.64. The van der Waals surface area contributed by atoms with Crippen molar-refractivity contribution in [2.24, 2.45) is 5.16 Å². The summed E-state index contributed by atoms with van der Waals surface area (Å²) < 4.78 is 43.8. The first kappa shape index (κ1) is 26.9. The van der Waals surface area contributed by atoms with Gasteiger partial charge in [0.2, 0.25) is 5.43 Å². The number of pyridine rings is 1. The molecule has 1 N–H and O–H groups in total. The SMILES string of the molecule is CON=C(CN1CCN(c2cc3c(cc2F)c(=O)c(C(=O)O)cn3-c2ccc(F)cc2)CC1)c1ccc(F)cc1. The van der Waals surface area contributed by atoms with Crippen LogP contribution in [0, 0.1) is 17.5 Å². The Kier molecular flexibility index (Phi) is 7.56. The number of benzene rings is 3. The molecule has 4 aromatic rings. The Morgan fingerprint density at radius 1 is 0.950 bits per heavy atom. The molecule has 3 aromatic carbocycles. The van der Waals surface area contributed by atoms with E-state index in [2.05, 4.69) is 10.1 Å². The first-order valence-electron chi connectivity index (χ1n) is 12.5. The molecule has 0 atom stereocenters. The van der Waals surface area contributed by atoms with Gasteiger partial charge in [-0.05, 0) is 48.5 Å². The van der Waals surface area contributed by atoms with Crippen molar-refractivity contribution in [1.29, 1.82) is 0 Å². The van der Waals surface area contributed by atoms with Crippen molar-refractivity contribution in [2.75, 3.05) is 44.7 Å². The highest BCUT2D eigenvalue weighted by atomic mass is 19.1. The maximum absolute atomic E-state index is 15.4.